The molecule has 2 fully saturated rings. The highest BCUT2D eigenvalue weighted by molar-refractivity contribution is 5.74. The lowest BCUT2D eigenvalue weighted by atomic mass is 9.56. The van der Waals surface area contributed by atoms with Gasteiger partial charge in [0.2, 0.25) is 5.88 Å². The van der Waals surface area contributed by atoms with Crippen LogP contribution in [0.3, 0.4) is 0 Å². The van der Waals surface area contributed by atoms with Crippen LogP contribution in [0.1, 0.15) is 24.8 Å². The summed E-state index contributed by atoms with van der Waals surface area (Å²) >= 11 is 0. The molecule has 0 bridgehead atoms. The minimum absolute atomic E-state index is 0.0777. The number of carbonyl (C=O) groups is 1. The molecule has 5 heteroatoms. The van der Waals surface area contributed by atoms with Crippen molar-refractivity contribution in [2.45, 2.75) is 31.8 Å². The first-order valence-electron chi connectivity index (χ1n) is 6.79. The fourth-order valence-electron chi connectivity index (χ4n) is 2.96. The first-order chi connectivity index (χ1) is 9.26. The molecule has 2 aliphatic rings. The van der Waals surface area contributed by atoms with Crippen LogP contribution in [0.15, 0.2) is 18.3 Å². The first kappa shape index (κ1) is 12.3. The summed E-state index contributed by atoms with van der Waals surface area (Å²) < 4.78 is 5.05. The lowest BCUT2D eigenvalue weighted by Gasteiger charge is -2.53. The van der Waals surface area contributed by atoms with Gasteiger partial charge in [-0.1, -0.05) is 0 Å². The summed E-state index contributed by atoms with van der Waals surface area (Å²) in [6.45, 7) is 0.492. The molecule has 1 unspecified atom stereocenters. The number of pyridine rings is 1. The minimum Gasteiger partial charge on any atom is -0.481 e. The molecule has 0 spiro atoms. The second-order valence-electron chi connectivity index (χ2n) is 5.38. The minimum atomic E-state index is -0.0777. The highest BCUT2D eigenvalue weighted by Gasteiger charge is 2.47. The van der Waals surface area contributed by atoms with Crippen LogP contribution < -0.4 is 15.4 Å². The molecule has 0 radical (unpaired) electrons. The van der Waals surface area contributed by atoms with Gasteiger partial charge in [0.1, 0.15) is 0 Å². The Morgan fingerprint density at radius 3 is 3.05 bits per heavy atom. The molecule has 1 heterocycles. The van der Waals surface area contributed by atoms with Crippen molar-refractivity contribution >= 4 is 6.03 Å². The molecule has 3 atom stereocenters. The molecular weight excluding hydrogens is 242 g/mol. The number of carbonyl (C=O) groups excluding carboxylic acids is 1. The van der Waals surface area contributed by atoms with Crippen molar-refractivity contribution in [1.29, 1.82) is 0 Å². The summed E-state index contributed by atoms with van der Waals surface area (Å²) in [4.78, 5) is 15.8. The van der Waals surface area contributed by atoms with Crippen molar-refractivity contribution in [3.05, 3.63) is 23.9 Å². The van der Waals surface area contributed by atoms with Gasteiger partial charge in [-0.25, -0.2) is 9.78 Å². The number of hydrogen-bond donors (Lipinski definition) is 2. The van der Waals surface area contributed by atoms with Crippen LogP contribution in [0.4, 0.5) is 4.79 Å². The molecule has 2 aliphatic carbocycles. The van der Waals surface area contributed by atoms with E-state index in [2.05, 4.69) is 15.6 Å². The number of urea groups is 1. The van der Waals surface area contributed by atoms with E-state index in [4.69, 9.17) is 4.74 Å². The van der Waals surface area contributed by atoms with Crippen LogP contribution in [0.25, 0.3) is 0 Å². The summed E-state index contributed by atoms with van der Waals surface area (Å²) in [6.07, 6.45) is 5.46. The fraction of sp³-hybridized carbons (Fsp3) is 0.571. The number of hydrogen-bond acceptors (Lipinski definition) is 3. The number of fused-ring (bicyclic) bond motifs is 1. The maximum absolute atomic E-state index is 11.8. The molecule has 0 aliphatic heterocycles. The van der Waals surface area contributed by atoms with Crippen LogP contribution >= 0.6 is 0 Å². The number of aromatic nitrogens is 1. The van der Waals surface area contributed by atoms with Gasteiger partial charge >= 0.3 is 6.03 Å². The summed E-state index contributed by atoms with van der Waals surface area (Å²) in [5.41, 5.74) is 0.983. The zero-order valence-electron chi connectivity index (χ0n) is 11.1. The van der Waals surface area contributed by atoms with Gasteiger partial charge in [0.25, 0.3) is 0 Å². The standard InChI is InChI=1S/C14H19N3O2/c1-19-13-6-9(4-5-15-13)8-16-14(18)17-12-7-10-2-3-11(10)12/h4-6,10-12H,2-3,7-8H2,1H3,(H2,16,17,18)/t10-,11?,12-/m1/s1. The lowest BCUT2D eigenvalue weighted by Crippen LogP contribution is -2.58. The summed E-state index contributed by atoms with van der Waals surface area (Å²) in [6, 6.07) is 4.01. The Bertz CT molecular complexity index is 478. The van der Waals surface area contributed by atoms with E-state index in [-0.39, 0.29) is 6.03 Å². The van der Waals surface area contributed by atoms with Crippen LogP contribution in [0, 0.1) is 11.8 Å². The van der Waals surface area contributed by atoms with Gasteiger partial charge in [-0.2, -0.15) is 0 Å². The van der Waals surface area contributed by atoms with Gasteiger partial charge in [0.15, 0.2) is 0 Å². The number of nitrogens with zero attached hydrogens (tertiary/aromatic N) is 1. The number of rotatable bonds is 4. The Balaban J connectivity index is 1.44. The maximum atomic E-state index is 11.8. The van der Waals surface area contributed by atoms with Crippen molar-refractivity contribution in [3.8, 4) is 5.88 Å². The van der Waals surface area contributed by atoms with Gasteiger partial charge in [0, 0.05) is 24.8 Å². The zero-order valence-corrected chi connectivity index (χ0v) is 11.1. The SMILES string of the molecule is COc1cc(CNC(=O)N[C@@H]2C[C@H]3CCC32)ccn1. The monoisotopic (exact) mass is 261 g/mol. The molecule has 3 rings (SSSR count). The molecule has 102 valence electrons. The zero-order chi connectivity index (χ0) is 13.2. The van der Waals surface area contributed by atoms with Gasteiger partial charge < -0.3 is 15.4 Å². The normalized spacial score (nSPS) is 27.5. The topological polar surface area (TPSA) is 63.2 Å². The maximum Gasteiger partial charge on any atom is 0.315 e. The average molecular weight is 261 g/mol. The Labute approximate surface area is 112 Å². The molecule has 0 saturated heterocycles. The Kier molecular flexibility index (Phi) is 3.27. The predicted molar refractivity (Wildman–Crippen MR) is 70.8 cm³/mol. The van der Waals surface area contributed by atoms with Crippen molar-refractivity contribution < 1.29 is 9.53 Å². The smallest absolute Gasteiger partial charge is 0.315 e. The number of nitrogens with one attached hydrogen (secondary N) is 2. The Morgan fingerprint density at radius 2 is 2.42 bits per heavy atom. The van der Waals surface area contributed by atoms with E-state index in [1.165, 1.54) is 12.8 Å². The highest BCUT2D eigenvalue weighted by atomic mass is 16.5. The summed E-state index contributed by atoms with van der Waals surface area (Å²) in [5, 5.41) is 5.93. The molecule has 19 heavy (non-hydrogen) atoms. The second kappa shape index (κ2) is 5.07. The van der Waals surface area contributed by atoms with Crippen molar-refractivity contribution in [2.75, 3.05) is 7.11 Å². The molecule has 5 nitrogen and oxygen atoms in total. The first-order valence-corrected chi connectivity index (χ1v) is 6.79. The van der Waals surface area contributed by atoms with Gasteiger partial charge in [-0.3, -0.25) is 0 Å². The van der Waals surface area contributed by atoms with E-state index < -0.39 is 0 Å². The third kappa shape index (κ3) is 2.50. The molecule has 2 amide bonds. The van der Waals surface area contributed by atoms with Gasteiger partial charge in [-0.05, 0) is 42.7 Å². The molecule has 0 aromatic carbocycles. The van der Waals surface area contributed by atoms with Crippen molar-refractivity contribution in [3.63, 3.8) is 0 Å². The van der Waals surface area contributed by atoms with Crippen LogP contribution in [0.5, 0.6) is 5.88 Å². The molecule has 2 N–H and O–H groups in total. The van der Waals surface area contributed by atoms with E-state index in [1.807, 2.05) is 12.1 Å². The molecule has 2 saturated carbocycles. The second-order valence-corrected chi connectivity index (χ2v) is 5.38. The van der Waals surface area contributed by atoms with Gasteiger partial charge in [0.05, 0.1) is 7.11 Å². The molecule has 1 aromatic heterocycles. The fourth-order valence-corrected chi connectivity index (χ4v) is 2.96. The van der Waals surface area contributed by atoms with E-state index in [0.717, 1.165) is 23.8 Å². The van der Waals surface area contributed by atoms with Crippen molar-refractivity contribution in [1.82, 2.24) is 15.6 Å². The Hall–Kier alpha value is -1.78. The molecule has 1 aromatic rings. The third-order valence-electron chi connectivity index (χ3n) is 4.33. The van der Waals surface area contributed by atoms with Crippen molar-refractivity contribution in [2.24, 2.45) is 11.8 Å². The highest BCUT2D eigenvalue weighted by Crippen LogP contribution is 2.49. The molecular formula is C14H19N3O2. The predicted octanol–water partition coefficient (Wildman–Crippen LogP) is 1.69. The summed E-state index contributed by atoms with van der Waals surface area (Å²) in [7, 11) is 1.58. The Morgan fingerprint density at radius 1 is 1.53 bits per heavy atom. The lowest BCUT2D eigenvalue weighted by molar-refractivity contribution is 0.0113. The van der Waals surface area contributed by atoms with E-state index in [0.29, 0.717) is 18.5 Å². The van der Waals surface area contributed by atoms with E-state index in [1.54, 1.807) is 13.3 Å². The number of amides is 2. The average Bonchev–Trinajstić information content (AvgIpc) is 2.42. The third-order valence-corrected chi connectivity index (χ3v) is 4.33. The summed E-state index contributed by atoms with van der Waals surface area (Å²) in [5.74, 6) is 2.19. The van der Waals surface area contributed by atoms with Crippen LogP contribution in [0.2, 0.25) is 0 Å². The quantitative estimate of drug-likeness (QED) is 0.867. The van der Waals surface area contributed by atoms with Crippen LogP contribution in [-0.2, 0) is 6.54 Å². The number of ether oxygens (including phenoxy) is 1. The van der Waals surface area contributed by atoms with E-state index >= 15 is 0 Å². The largest absolute Gasteiger partial charge is 0.481 e. The van der Waals surface area contributed by atoms with Gasteiger partial charge in [-0.15, -0.1) is 0 Å². The van der Waals surface area contributed by atoms with E-state index in [9.17, 15) is 4.79 Å². The van der Waals surface area contributed by atoms with Crippen LogP contribution in [-0.4, -0.2) is 24.2 Å². The number of methoxy groups -OCH3 is 1.